The molecule has 2 heterocycles. The van der Waals surface area contributed by atoms with Gasteiger partial charge in [-0.25, -0.2) is 4.98 Å². The van der Waals surface area contributed by atoms with E-state index in [1.165, 1.54) is 10.4 Å². The third-order valence-corrected chi connectivity index (χ3v) is 4.92. The second-order valence-corrected chi connectivity index (χ2v) is 7.01. The second kappa shape index (κ2) is 10.7. The molecule has 9 heteroatoms. The van der Waals surface area contributed by atoms with Crippen LogP contribution in [0.1, 0.15) is 28.4 Å². The summed E-state index contributed by atoms with van der Waals surface area (Å²) in [6, 6.07) is 0.226. The fraction of sp³-hybridized carbons (Fsp3) is 0.562. The maximum atomic E-state index is 4.42. The van der Waals surface area contributed by atoms with Crippen molar-refractivity contribution >= 4 is 41.3 Å². The highest BCUT2D eigenvalue weighted by Crippen LogP contribution is 2.16. The average molecular weight is 477 g/mol. The van der Waals surface area contributed by atoms with Gasteiger partial charge in [0.15, 0.2) is 5.96 Å². The zero-order valence-electron chi connectivity index (χ0n) is 15.5. The molecular formula is C16H28IN7S. The molecule has 0 saturated carbocycles. The number of aliphatic imine (C=N–C) groups is 1. The average Bonchev–Trinajstić information content (AvgIpc) is 3.19. The lowest BCUT2D eigenvalue weighted by atomic mass is 10.1. The fourth-order valence-corrected chi connectivity index (χ4v) is 3.18. The molecule has 140 valence electrons. The lowest BCUT2D eigenvalue weighted by molar-refractivity contribution is 0.298. The van der Waals surface area contributed by atoms with Crippen LogP contribution in [-0.2, 0) is 20.0 Å². The summed E-state index contributed by atoms with van der Waals surface area (Å²) in [6.45, 7) is 3.57. The summed E-state index contributed by atoms with van der Waals surface area (Å²) in [7, 11) is 7.85. The van der Waals surface area contributed by atoms with Gasteiger partial charge in [0, 0.05) is 43.5 Å². The van der Waals surface area contributed by atoms with Gasteiger partial charge in [-0.3, -0.25) is 9.67 Å². The molecule has 2 aromatic rings. The number of rotatable bonds is 7. The van der Waals surface area contributed by atoms with E-state index in [1.54, 1.807) is 18.4 Å². The third-order valence-electron chi connectivity index (χ3n) is 3.78. The normalized spacial score (nSPS) is 12.8. The van der Waals surface area contributed by atoms with Gasteiger partial charge in [-0.15, -0.1) is 35.3 Å². The molecule has 1 atom stereocenters. The van der Waals surface area contributed by atoms with Crippen LogP contribution in [0.2, 0.25) is 0 Å². The van der Waals surface area contributed by atoms with E-state index in [0.717, 1.165) is 23.9 Å². The maximum Gasteiger partial charge on any atom is 0.191 e. The predicted molar refractivity (Wildman–Crippen MR) is 115 cm³/mol. The summed E-state index contributed by atoms with van der Waals surface area (Å²) in [5.41, 5.74) is 1.18. The van der Waals surface area contributed by atoms with Gasteiger partial charge < -0.3 is 15.5 Å². The molecule has 2 rings (SSSR count). The molecule has 0 saturated heterocycles. The van der Waals surface area contributed by atoms with Crippen molar-refractivity contribution in [3.63, 3.8) is 0 Å². The highest BCUT2D eigenvalue weighted by atomic mass is 127. The van der Waals surface area contributed by atoms with Gasteiger partial charge >= 0.3 is 0 Å². The molecule has 0 aliphatic carbocycles. The van der Waals surface area contributed by atoms with E-state index >= 15 is 0 Å². The molecule has 0 amide bonds. The number of likely N-dealkylation sites (N-methyl/N-ethyl adjacent to an activating group) is 1. The quantitative estimate of drug-likeness (QED) is 0.363. The molecule has 0 aliphatic rings. The summed E-state index contributed by atoms with van der Waals surface area (Å²) in [5, 5.41) is 12.0. The van der Waals surface area contributed by atoms with Crippen molar-refractivity contribution in [2.75, 3.05) is 27.7 Å². The van der Waals surface area contributed by atoms with Crippen molar-refractivity contribution in [1.29, 1.82) is 0 Å². The van der Waals surface area contributed by atoms with Crippen molar-refractivity contribution in [3.05, 3.63) is 34.0 Å². The topological polar surface area (TPSA) is 70.4 Å². The zero-order chi connectivity index (χ0) is 17.5. The number of thiazole rings is 1. The number of nitrogens with zero attached hydrogens (tertiary/aromatic N) is 5. The number of halogens is 1. The standard InChI is InChI=1S/C16H27N7S.HI/c1-6-13-8-18-15(24-13)10-20-16(17-2)19-9-14(22(3)4)12-7-21-23(5)11-12;/h7-8,11,14H,6,9-10H2,1-5H3,(H2,17,19,20);1H. The Morgan fingerprint density at radius 1 is 1.36 bits per heavy atom. The Labute approximate surface area is 171 Å². The minimum absolute atomic E-state index is 0. The second-order valence-electron chi connectivity index (χ2n) is 5.81. The Kier molecular flexibility index (Phi) is 9.36. The van der Waals surface area contributed by atoms with Crippen LogP contribution in [0.25, 0.3) is 0 Å². The van der Waals surface area contributed by atoms with E-state index in [0.29, 0.717) is 6.54 Å². The van der Waals surface area contributed by atoms with Gasteiger partial charge in [0.25, 0.3) is 0 Å². The highest BCUT2D eigenvalue weighted by molar-refractivity contribution is 14.0. The smallest absolute Gasteiger partial charge is 0.191 e. The fourth-order valence-electron chi connectivity index (χ4n) is 2.38. The van der Waals surface area contributed by atoms with Crippen molar-refractivity contribution < 1.29 is 0 Å². The monoisotopic (exact) mass is 477 g/mol. The first kappa shape index (κ1) is 21.8. The first-order valence-electron chi connectivity index (χ1n) is 8.06. The molecular weight excluding hydrogens is 449 g/mol. The van der Waals surface area contributed by atoms with Crippen LogP contribution in [0.3, 0.4) is 0 Å². The molecule has 0 aliphatic heterocycles. The molecule has 0 fully saturated rings. The van der Waals surface area contributed by atoms with E-state index in [9.17, 15) is 0 Å². The number of hydrogen-bond donors (Lipinski definition) is 2. The van der Waals surface area contributed by atoms with Crippen LogP contribution in [0.5, 0.6) is 0 Å². The minimum atomic E-state index is 0. The SMILES string of the molecule is CCc1cnc(CNC(=NC)NCC(c2cnn(C)c2)N(C)C)s1.I. The van der Waals surface area contributed by atoms with Gasteiger partial charge in [0.2, 0.25) is 0 Å². The Morgan fingerprint density at radius 3 is 2.64 bits per heavy atom. The summed E-state index contributed by atoms with van der Waals surface area (Å²) in [4.78, 5) is 12.2. The zero-order valence-corrected chi connectivity index (χ0v) is 18.6. The Bertz CT molecular complexity index is 665. The number of aromatic nitrogens is 3. The first-order chi connectivity index (χ1) is 11.5. The van der Waals surface area contributed by atoms with E-state index in [-0.39, 0.29) is 30.0 Å². The van der Waals surface area contributed by atoms with Gasteiger partial charge in [0.05, 0.1) is 18.8 Å². The molecule has 2 aromatic heterocycles. The maximum absolute atomic E-state index is 4.42. The summed E-state index contributed by atoms with van der Waals surface area (Å²) < 4.78 is 1.83. The van der Waals surface area contributed by atoms with Crippen LogP contribution < -0.4 is 10.6 Å². The number of guanidine groups is 1. The van der Waals surface area contributed by atoms with Crippen LogP contribution in [0, 0.1) is 0 Å². The van der Waals surface area contributed by atoms with Crippen LogP contribution in [0.4, 0.5) is 0 Å². The van der Waals surface area contributed by atoms with E-state index in [1.807, 2.05) is 30.3 Å². The molecule has 0 spiro atoms. The molecule has 1 unspecified atom stereocenters. The first-order valence-corrected chi connectivity index (χ1v) is 8.88. The third kappa shape index (κ3) is 6.55. The van der Waals surface area contributed by atoms with Gasteiger partial charge in [-0.1, -0.05) is 6.92 Å². The minimum Gasteiger partial charge on any atom is -0.354 e. The molecule has 25 heavy (non-hydrogen) atoms. The van der Waals surface area contributed by atoms with Gasteiger partial charge in [-0.05, 0) is 20.5 Å². The lowest BCUT2D eigenvalue weighted by Crippen LogP contribution is -2.41. The predicted octanol–water partition coefficient (Wildman–Crippen LogP) is 2.02. The van der Waals surface area contributed by atoms with Gasteiger partial charge in [-0.2, -0.15) is 5.10 Å². The molecule has 2 N–H and O–H groups in total. The van der Waals surface area contributed by atoms with Crippen LogP contribution in [0.15, 0.2) is 23.6 Å². The van der Waals surface area contributed by atoms with E-state index in [2.05, 4.69) is 51.6 Å². The lowest BCUT2D eigenvalue weighted by Gasteiger charge is -2.24. The summed E-state index contributed by atoms with van der Waals surface area (Å²) >= 11 is 1.74. The Hall–Kier alpha value is -1.20. The largest absolute Gasteiger partial charge is 0.354 e. The number of aryl methyl sites for hydroxylation is 2. The van der Waals surface area contributed by atoms with E-state index < -0.39 is 0 Å². The number of nitrogens with one attached hydrogen (secondary N) is 2. The van der Waals surface area contributed by atoms with Crippen molar-refractivity contribution in [3.8, 4) is 0 Å². The number of hydrogen-bond acceptors (Lipinski definition) is 5. The van der Waals surface area contributed by atoms with Gasteiger partial charge in [0.1, 0.15) is 5.01 Å². The highest BCUT2D eigenvalue weighted by Gasteiger charge is 2.16. The Morgan fingerprint density at radius 2 is 2.12 bits per heavy atom. The van der Waals surface area contributed by atoms with E-state index in [4.69, 9.17) is 0 Å². The van der Waals surface area contributed by atoms with Crippen LogP contribution in [-0.4, -0.2) is 53.3 Å². The summed E-state index contributed by atoms with van der Waals surface area (Å²) in [6.07, 6.45) is 6.93. The van der Waals surface area contributed by atoms with Crippen molar-refractivity contribution in [1.82, 2.24) is 30.3 Å². The van der Waals surface area contributed by atoms with Crippen LogP contribution >= 0.6 is 35.3 Å². The van der Waals surface area contributed by atoms with Crippen molar-refractivity contribution in [2.45, 2.75) is 25.9 Å². The summed E-state index contributed by atoms with van der Waals surface area (Å²) in [5.74, 6) is 0.777. The van der Waals surface area contributed by atoms with Crippen molar-refractivity contribution in [2.24, 2.45) is 12.0 Å². The molecule has 0 radical (unpaired) electrons. The molecule has 7 nitrogen and oxygen atoms in total. The molecule has 0 bridgehead atoms. The molecule has 0 aromatic carbocycles. The Balaban J connectivity index is 0.00000312.